The van der Waals surface area contributed by atoms with E-state index in [-0.39, 0.29) is 6.61 Å². The van der Waals surface area contributed by atoms with Gasteiger partial charge in [0.05, 0.1) is 0 Å². The zero-order chi connectivity index (χ0) is 9.68. The minimum Gasteiger partial charge on any atom is -0.396 e. The van der Waals surface area contributed by atoms with E-state index in [4.69, 9.17) is 5.11 Å². The number of aliphatic hydroxyl groups is 1. The Morgan fingerprint density at radius 2 is 1.77 bits per heavy atom. The monoisotopic (exact) mass is 178 g/mol. The van der Waals surface area contributed by atoms with E-state index in [1.807, 2.05) is 6.07 Å². The third-order valence-corrected chi connectivity index (χ3v) is 2.13. The van der Waals surface area contributed by atoms with Crippen LogP contribution in [0.3, 0.4) is 0 Å². The van der Waals surface area contributed by atoms with Crippen molar-refractivity contribution in [2.24, 2.45) is 5.92 Å². The lowest BCUT2D eigenvalue weighted by molar-refractivity contribution is 0.299. The van der Waals surface area contributed by atoms with E-state index in [1.54, 1.807) is 0 Å². The summed E-state index contributed by atoms with van der Waals surface area (Å²) in [7, 11) is 0. The van der Waals surface area contributed by atoms with Gasteiger partial charge in [0.2, 0.25) is 0 Å². The lowest BCUT2D eigenvalue weighted by atomic mass is 9.97. The fraction of sp³-hybridized carbons (Fsp3) is 0.500. The first-order valence-electron chi connectivity index (χ1n) is 4.91. The van der Waals surface area contributed by atoms with Gasteiger partial charge in [-0.05, 0) is 29.9 Å². The van der Waals surface area contributed by atoms with Crippen molar-refractivity contribution < 1.29 is 5.11 Å². The maximum absolute atomic E-state index is 8.88. The van der Waals surface area contributed by atoms with Gasteiger partial charge in [0.15, 0.2) is 0 Å². The molecule has 1 rings (SSSR count). The second-order valence-electron chi connectivity index (χ2n) is 3.84. The molecule has 1 heteroatoms. The molecule has 72 valence electrons. The first-order valence-corrected chi connectivity index (χ1v) is 4.91. The number of aliphatic hydroxyl groups excluding tert-OH is 1. The normalized spacial score (nSPS) is 10.8. The van der Waals surface area contributed by atoms with E-state index in [0.29, 0.717) is 5.92 Å². The van der Waals surface area contributed by atoms with Gasteiger partial charge in [-0.2, -0.15) is 0 Å². The molecule has 0 fully saturated rings. The van der Waals surface area contributed by atoms with Crippen LogP contribution in [0.1, 0.15) is 25.0 Å². The number of rotatable bonds is 4. The van der Waals surface area contributed by atoms with Crippen molar-refractivity contribution in [3.63, 3.8) is 0 Å². The maximum atomic E-state index is 8.88. The quantitative estimate of drug-likeness (QED) is 0.750. The van der Waals surface area contributed by atoms with Gasteiger partial charge in [0, 0.05) is 6.61 Å². The van der Waals surface area contributed by atoms with Crippen LogP contribution in [-0.4, -0.2) is 11.7 Å². The zero-order valence-corrected chi connectivity index (χ0v) is 8.46. The van der Waals surface area contributed by atoms with Crippen molar-refractivity contribution in [1.29, 1.82) is 0 Å². The highest BCUT2D eigenvalue weighted by atomic mass is 16.2. The smallest absolute Gasteiger partial charge is 0.0471 e. The third-order valence-electron chi connectivity index (χ3n) is 2.13. The second-order valence-corrected chi connectivity index (χ2v) is 3.84. The summed E-state index contributed by atoms with van der Waals surface area (Å²) in [6, 6.07) is 8.37. The molecule has 0 saturated carbocycles. The van der Waals surface area contributed by atoms with Gasteiger partial charge in [-0.15, -0.1) is 0 Å². The van der Waals surface area contributed by atoms with Crippen LogP contribution in [-0.2, 0) is 12.8 Å². The molecule has 0 heterocycles. The molecule has 1 aromatic rings. The fourth-order valence-electron chi connectivity index (χ4n) is 1.56. The summed E-state index contributed by atoms with van der Waals surface area (Å²) in [5.74, 6) is 0.680. The van der Waals surface area contributed by atoms with Crippen LogP contribution in [0.2, 0.25) is 0 Å². The molecule has 13 heavy (non-hydrogen) atoms. The zero-order valence-electron chi connectivity index (χ0n) is 8.46. The lowest BCUT2D eigenvalue weighted by Gasteiger charge is -2.10. The molecule has 0 saturated heterocycles. The van der Waals surface area contributed by atoms with Crippen molar-refractivity contribution in [3.8, 4) is 0 Å². The molecule has 0 amide bonds. The molecular formula is C12H18O. The van der Waals surface area contributed by atoms with Crippen molar-refractivity contribution in [2.45, 2.75) is 26.7 Å². The Hall–Kier alpha value is -0.820. The fourth-order valence-corrected chi connectivity index (χ4v) is 1.56. The molecule has 0 aliphatic heterocycles. The summed E-state index contributed by atoms with van der Waals surface area (Å²) >= 11 is 0. The summed E-state index contributed by atoms with van der Waals surface area (Å²) in [5, 5.41) is 8.88. The molecule has 0 aliphatic rings. The Kier molecular flexibility index (Phi) is 3.97. The minimum absolute atomic E-state index is 0.245. The average Bonchev–Trinajstić information content (AvgIpc) is 2.08. The summed E-state index contributed by atoms with van der Waals surface area (Å²) in [6.45, 7) is 4.68. The summed E-state index contributed by atoms with van der Waals surface area (Å²) in [4.78, 5) is 0. The van der Waals surface area contributed by atoms with Crippen LogP contribution in [0.15, 0.2) is 24.3 Å². The predicted molar refractivity (Wildman–Crippen MR) is 55.8 cm³/mol. The van der Waals surface area contributed by atoms with E-state index < -0.39 is 0 Å². The SMILES string of the molecule is CC(C)Cc1ccccc1CCO. The van der Waals surface area contributed by atoms with Crippen molar-refractivity contribution >= 4 is 0 Å². The highest BCUT2D eigenvalue weighted by molar-refractivity contribution is 5.27. The van der Waals surface area contributed by atoms with Gasteiger partial charge >= 0.3 is 0 Å². The van der Waals surface area contributed by atoms with Gasteiger partial charge in [-0.3, -0.25) is 0 Å². The van der Waals surface area contributed by atoms with Crippen LogP contribution in [0, 0.1) is 5.92 Å². The summed E-state index contributed by atoms with van der Waals surface area (Å²) < 4.78 is 0. The minimum atomic E-state index is 0.245. The van der Waals surface area contributed by atoms with Crippen LogP contribution in [0.25, 0.3) is 0 Å². The third kappa shape index (κ3) is 3.19. The van der Waals surface area contributed by atoms with E-state index in [1.165, 1.54) is 11.1 Å². The van der Waals surface area contributed by atoms with Crippen molar-refractivity contribution in [2.75, 3.05) is 6.61 Å². The maximum Gasteiger partial charge on any atom is 0.0471 e. The highest BCUT2D eigenvalue weighted by Crippen LogP contribution is 2.13. The van der Waals surface area contributed by atoms with Crippen LogP contribution in [0.5, 0.6) is 0 Å². The number of hydrogen-bond acceptors (Lipinski definition) is 1. The topological polar surface area (TPSA) is 20.2 Å². The van der Waals surface area contributed by atoms with Gasteiger partial charge in [0.1, 0.15) is 0 Å². The molecule has 1 aromatic carbocycles. The van der Waals surface area contributed by atoms with Gasteiger partial charge in [-0.1, -0.05) is 38.1 Å². The van der Waals surface area contributed by atoms with Crippen LogP contribution in [0.4, 0.5) is 0 Å². The molecule has 0 aromatic heterocycles. The van der Waals surface area contributed by atoms with E-state index >= 15 is 0 Å². The van der Waals surface area contributed by atoms with E-state index in [9.17, 15) is 0 Å². The van der Waals surface area contributed by atoms with E-state index in [2.05, 4.69) is 32.0 Å². The largest absolute Gasteiger partial charge is 0.396 e. The highest BCUT2D eigenvalue weighted by Gasteiger charge is 2.02. The first kappa shape index (κ1) is 10.3. The van der Waals surface area contributed by atoms with Crippen molar-refractivity contribution in [3.05, 3.63) is 35.4 Å². The first-order chi connectivity index (χ1) is 6.24. The Balaban J connectivity index is 2.78. The van der Waals surface area contributed by atoms with Gasteiger partial charge in [-0.25, -0.2) is 0 Å². The lowest BCUT2D eigenvalue weighted by Crippen LogP contribution is -2.01. The van der Waals surface area contributed by atoms with Crippen LogP contribution < -0.4 is 0 Å². The summed E-state index contributed by atoms with van der Waals surface area (Å²) in [6.07, 6.45) is 1.89. The number of benzene rings is 1. The Morgan fingerprint density at radius 3 is 2.31 bits per heavy atom. The average molecular weight is 178 g/mol. The molecule has 0 bridgehead atoms. The molecule has 0 radical (unpaired) electrons. The molecular weight excluding hydrogens is 160 g/mol. The molecule has 0 unspecified atom stereocenters. The number of hydrogen-bond donors (Lipinski definition) is 1. The molecule has 0 spiro atoms. The Bertz CT molecular complexity index is 253. The Morgan fingerprint density at radius 1 is 1.15 bits per heavy atom. The van der Waals surface area contributed by atoms with Crippen molar-refractivity contribution in [1.82, 2.24) is 0 Å². The molecule has 1 nitrogen and oxygen atoms in total. The standard InChI is InChI=1S/C12H18O/c1-10(2)9-12-6-4-3-5-11(12)7-8-13/h3-6,10,13H,7-9H2,1-2H3. The second kappa shape index (κ2) is 5.03. The molecule has 0 atom stereocenters. The summed E-state index contributed by atoms with van der Waals surface area (Å²) in [5.41, 5.74) is 2.67. The van der Waals surface area contributed by atoms with Gasteiger partial charge < -0.3 is 5.11 Å². The van der Waals surface area contributed by atoms with Crippen LogP contribution >= 0.6 is 0 Å². The molecule has 1 N–H and O–H groups in total. The predicted octanol–water partition coefficient (Wildman–Crippen LogP) is 2.42. The Labute approximate surface area is 80.4 Å². The van der Waals surface area contributed by atoms with E-state index in [0.717, 1.165) is 12.8 Å². The molecule has 0 aliphatic carbocycles. The van der Waals surface area contributed by atoms with Gasteiger partial charge in [0.25, 0.3) is 0 Å².